The monoisotopic (exact) mass is 302 g/mol. The molecule has 21 heavy (non-hydrogen) atoms. The van der Waals surface area contributed by atoms with Crippen LogP contribution in [-0.4, -0.2) is 6.10 Å². The van der Waals surface area contributed by atoms with Crippen LogP contribution in [0.2, 0.25) is 0 Å². The molecule has 1 unspecified atom stereocenters. The molecule has 0 bridgehead atoms. The Labute approximate surface area is 121 Å². The van der Waals surface area contributed by atoms with Gasteiger partial charge in [0.05, 0.1) is 0 Å². The van der Waals surface area contributed by atoms with Gasteiger partial charge in [0.2, 0.25) is 0 Å². The molecular weight excluding hydrogens is 284 g/mol. The lowest BCUT2D eigenvalue weighted by atomic mass is 9.82. The fraction of sp³-hybridized carbons (Fsp3) is 0.625. The first kappa shape index (κ1) is 14.7. The third-order valence-corrected chi connectivity index (χ3v) is 4.61. The lowest BCUT2D eigenvalue weighted by Gasteiger charge is -2.35. The molecule has 1 nitrogen and oxygen atoms in total. The third kappa shape index (κ3) is 2.87. The van der Waals surface area contributed by atoms with Crippen LogP contribution in [0, 0.1) is 11.7 Å². The normalized spacial score (nSPS) is 23.5. The smallest absolute Gasteiger partial charge is 0.422 e. The highest BCUT2D eigenvalue weighted by molar-refractivity contribution is 5.45. The predicted octanol–water partition coefficient (Wildman–Crippen LogP) is 5.12. The van der Waals surface area contributed by atoms with Crippen LogP contribution in [0.4, 0.5) is 17.6 Å². The van der Waals surface area contributed by atoms with Crippen molar-refractivity contribution >= 4 is 0 Å². The summed E-state index contributed by atoms with van der Waals surface area (Å²) >= 11 is 0. The second kappa shape index (κ2) is 5.50. The van der Waals surface area contributed by atoms with Crippen LogP contribution in [-0.2, 0) is 12.6 Å². The van der Waals surface area contributed by atoms with Gasteiger partial charge < -0.3 is 4.74 Å². The number of ether oxygens (including phenoxy) is 1. The first-order valence-electron chi connectivity index (χ1n) is 7.52. The van der Waals surface area contributed by atoms with Crippen molar-refractivity contribution in [1.82, 2.24) is 0 Å². The Hall–Kier alpha value is -1.26. The minimum atomic E-state index is -4.72. The molecule has 1 aliphatic heterocycles. The number of aryl methyl sites for hydroxylation is 1. The van der Waals surface area contributed by atoms with E-state index >= 15 is 0 Å². The molecule has 2 aliphatic rings. The molecule has 3 rings (SSSR count). The van der Waals surface area contributed by atoms with Gasteiger partial charge >= 0.3 is 6.18 Å². The largest absolute Gasteiger partial charge is 0.489 e. The Morgan fingerprint density at radius 2 is 1.71 bits per heavy atom. The molecule has 5 heteroatoms. The average Bonchev–Trinajstić information content (AvgIpc) is 2.46. The Morgan fingerprint density at radius 3 is 2.38 bits per heavy atom. The summed E-state index contributed by atoms with van der Waals surface area (Å²) in [4.78, 5) is 0. The number of alkyl halides is 3. The number of hydrogen-bond donors (Lipinski definition) is 0. The van der Waals surface area contributed by atoms with Crippen molar-refractivity contribution in [3.63, 3.8) is 0 Å². The van der Waals surface area contributed by atoms with Crippen LogP contribution in [0.25, 0.3) is 0 Å². The average molecular weight is 302 g/mol. The SMILES string of the molecule is Fc1ccc2c(c1C(F)(F)F)OC(C1CCCCC1)CC2. The molecule has 0 radical (unpaired) electrons. The summed E-state index contributed by atoms with van der Waals surface area (Å²) < 4.78 is 58.6. The highest BCUT2D eigenvalue weighted by Gasteiger charge is 2.41. The molecule has 1 fully saturated rings. The van der Waals surface area contributed by atoms with Crippen molar-refractivity contribution < 1.29 is 22.3 Å². The maximum absolute atomic E-state index is 13.6. The van der Waals surface area contributed by atoms with E-state index in [-0.39, 0.29) is 11.9 Å². The summed E-state index contributed by atoms with van der Waals surface area (Å²) in [5, 5.41) is 0. The van der Waals surface area contributed by atoms with Crippen molar-refractivity contribution in [1.29, 1.82) is 0 Å². The predicted molar refractivity (Wildman–Crippen MR) is 70.7 cm³/mol. The van der Waals surface area contributed by atoms with Crippen LogP contribution in [0.15, 0.2) is 12.1 Å². The van der Waals surface area contributed by atoms with Gasteiger partial charge in [0.25, 0.3) is 0 Å². The molecule has 116 valence electrons. The van der Waals surface area contributed by atoms with Gasteiger partial charge in [-0.1, -0.05) is 25.3 Å². The van der Waals surface area contributed by atoms with Crippen LogP contribution < -0.4 is 4.74 Å². The number of hydrogen-bond acceptors (Lipinski definition) is 1. The quantitative estimate of drug-likeness (QED) is 0.654. The van der Waals surface area contributed by atoms with E-state index in [1.165, 1.54) is 12.5 Å². The van der Waals surface area contributed by atoms with Crippen molar-refractivity contribution in [2.45, 2.75) is 57.2 Å². The molecule has 0 spiro atoms. The molecule has 1 saturated carbocycles. The van der Waals surface area contributed by atoms with Crippen molar-refractivity contribution in [3.05, 3.63) is 29.1 Å². The van der Waals surface area contributed by atoms with Crippen molar-refractivity contribution in [2.24, 2.45) is 5.92 Å². The fourth-order valence-corrected chi connectivity index (χ4v) is 3.54. The van der Waals surface area contributed by atoms with E-state index in [1.807, 2.05) is 0 Å². The van der Waals surface area contributed by atoms with Crippen molar-refractivity contribution in [3.8, 4) is 5.75 Å². The molecule has 0 N–H and O–H groups in total. The van der Waals surface area contributed by atoms with E-state index in [0.29, 0.717) is 17.9 Å². The summed E-state index contributed by atoms with van der Waals surface area (Å²) in [6, 6.07) is 2.31. The van der Waals surface area contributed by atoms with E-state index in [1.54, 1.807) is 0 Å². The molecule has 0 aromatic heterocycles. The van der Waals surface area contributed by atoms with Gasteiger partial charge in [0.15, 0.2) is 0 Å². The zero-order chi connectivity index (χ0) is 15.0. The van der Waals surface area contributed by atoms with Gasteiger partial charge in [0.1, 0.15) is 23.2 Å². The molecule has 1 aromatic rings. The van der Waals surface area contributed by atoms with Gasteiger partial charge in [-0.05, 0) is 43.2 Å². The maximum atomic E-state index is 13.6. The summed E-state index contributed by atoms with van der Waals surface area (Å²) in [6.07, 6.45) is 1.71. The Balaban J connectivity index is 1.91. The Bertz CT molecular complexity index is 518. The van der Waals surface area contributed by atoms with Gasteiger partial charge in [-0.2, -0.15) is 13.2 Å². The third-order valence-electron chi connectivity index (χ3n) is 4.61. The molecule has 0 amide bonds. The summed E-state index contributed by atoms with van der Waals surface area (Å²) in [5.41, 5.74) is -0.767. The van der Waals surface area contributed by atoms with E-state index in [2.05, 4.69) is 0 Å². The van der Waals surface area contributed by atoms with Gasteiger partial charge in [-0.25, -0.2) is 4.39 Å². The first-order chi connectivity index (χ1) is 9.97. The molecular formula is C16H18F4O. The molecule has 1 heterocycles. The van der Waals surface area contributed by atoms with Gasteiger partial charge in [0, 0.05) is 0 Å². The second-order valence-corrected chi connectivity index (χ2v) is 6.00. The Morgan fingerprint density at radius 1 is 1.00 bits per heavy atom. The fourth-order valence-electron chi connectivity index (χ4n) is 3.54. The minimum absolute atomic E-state index is 0.208. The first-order valence-corrected chi connectivity index (χ1v) is 7.52. The van der Waals surface area contributed by atoms with Crippen LogP contribution in [0.1, 0.15) is 49.7 Å². The van der Waals surface area contributed by atoms with Crippen molar-refractivity contribution in [2.75, 3.05) is 0 Å². The Kier molecular flexibility index (Phi) is 3.84. The van der Waals surface area contributed by atoms with Crippen LogP contribution in [0.5, 0.6) is 5.75 Å². The van der Waals surface area contributed by atoms with Crippen LogP contribution >= 0.6 is 0 Å². The van der Waals surface area contributed by atoms with E-state index in [9.17, 15) is 17.6 Å². The summed E-state index contributed by atoms with van der Waals surface area (Å²) in [5.74, 6) is -1.22. The van der Waals surface area contributed by atoms with Crippen LogP contribution in [0.3, 0.4) is 0 Å². The van der Waals surface area contributed by atoms with E-state index in [4.69, 9.17) is 4.74 Å². The minimum Gasteiger partial charge on any atom is -0.489 e. The van der Waals surface area contributed by atoms with E-state index < -0.39 is 17.6 Å². The number of benzene rings is 1. The molecule has 1 aromatic carbocycles. The van der Waals surface area contributed by atoms with E-state index in [0.717, 1.165) is 38.2 Å². The standard InChI is InChI=1S/C16H18F4O/c17-12-8-6-11-7-9-13(10-4-2-1-3-5-10)21-15(11)14(12)16(18,19)20/h6,8,10,13H,1-5,7,9H2. The molecule has 1 atom stereocenters. The lowest BCUT2D eigenvalue weighted by molar-refractivity contribution is -0.142. The zero-order valence-corrected chi connectivity index (χ0v) is 11.7. The molecule has 1 aliphatic carbocycles. The maximum Gasteiger partial charge on any atom is 0.422 e. The highest BCUT2D eigenvalue weighted by Crippen LogP contribution is 2.44. The number of halogens is 4. The number of fused-ring (bicyclic) bond motifs is 1. The number of rotatable bonds is 1. The highest BCUT2D eigenvalue weighted by atomic mass is 19.4. The van der Waals surface area contributed by atoms with Gasteiger partial charge in [-0.15, -0.1) is 0 Å². The zero-order valence-electron chi connectivity index (χ0n) is 11.7. The summed E-state index contributed by atoms with van der Waals surface area (Å²) in [6.45, 7) is 0. The second-order valence-electron chi connectivity index (χ2n) is 6.00. The van der Waals surface area contributed by atoms with Gasteiger partial charge in [-0.3, -0.25) is 0 Å². The lowest BCUT2D eigenvalue weighted by Crippen LogP contribution is -2.33. The topological polar surface area (TPSA) is 9.23 Å². The summed E-state index contributed by atoms with van der Waals surface area (Å²) in [7, 11) is 0. The molecule has 0 saturated heterocycles.